The van der Waals surface area contributed by atoms with Crippen LogP contribution in [-0.4, -0.2) is 28.8 Å². The number of aromatic nitrogens is 3. The molecule has 0 radical (unpaired) electrons. The number of halogens is 1. The van der Waals surface area contributed by atoms with E-state index in [-0.39, 0.29) is 5.82 Å². The van der Waals surface area contributed by atoms with Gasteiger partial charge in [0, 0.05) is 19.3 Å². The molecule has 122 valence electrons. The standard InChI is InChI=1S/C18H18FN5/c1-24(16-5-3-2-4-6-16)17-13-21-23-18(22-17)20-12-11-14-7-9-15(19)10-8-14/h2-10,13H,11-12H2,1H3,(H,20,22,23). The van der Waals surface area contributed by atoms with Crippen LogP contribution in [-0.2, 0) is 6.42 Å². The van der Waals surface area contributed by atoms with Gasteiger partial charge in [-0.3, -0.25) is 0 Å². The van der Waals surface area contributed by atoms with Crippen molar-refractivity contribution in [3.8, 4) is 0 Å². The Hall–Kier alpha value is -3.02. The van der Waals surface area contributed by atoms with E-state index in [1.807, 2.05) is 42.3 Å². The maximum Gasteiger partial charge on any atom is 0.244 e. The normalized spacial score (nSPS) is 10.4. The summed E-state index contributed by atoms with van der Waals surface area (Å²) in [5.41, 5.74) is 2.07. The minimum absolute atomic E-state index is 0.226. The van der Waals surface area contributed by atoms with Gasteiger partial charge in [-0.25, -0.2) is 4.39 Å². The molecule has 0 atom stereocenters. The highest BCUT2D eigenvalue weighted by Crippen LogP contribution is 2.20. The van der Waals surface area contributed by atoms with Crippen molar-refractivity contribution in [2.75, 3.05) is 23.8 Å². The molecule has 1 heterocycles. The van der Waals surface area contributed by atoms with Crippen molar-refractivity contribution in [2.45, 2.75) is 6.42 Å². The van der Waals surface area contributed by atoms with Crippen LogP contribution in [0.25, 0.3) is 0 Å². The topological polar surface area (TPSA) is 53.9 Å². The first-order valence-corrected chi connectivity index (χ1v) is 7.69. The van der Waals surface area contributed by atoms with Gasteiger partial charge in [0.05, 0.1) is 6.20 Å². The van der Waals surface area contributed by atoms with Crippen LogP contribution in [0.2, 0.25) is 0 Å². The fourth-order valence-corrected chi connectivity index (χ4v) is 2.28. The zero-order chi connectivity index (χ0) is 16.8. The van der Waals surface area contributed by atoms with Gasteiger partial charge in [0.25, 0.3) is 0 Å². The monoisotopic (exact) mass is 323 g/mol. The van der Waals surface area contributed by atoms with Crippen molar-refractivity contribution < 1.29 is 4.39 Å². The average molecular weight is 323 g/mol. The minimum atomic E-state index is -0.226. The third-order valence-electron chi connectivity index (χ3n) is 3.64. The highest BCUT2D eigenvalue weighted by Gasteiger charge is 2.07. The van der Waals surface area contributed by atoms with E-state index in [4.69, 9.17) is 0 Å². The lowest BCUT2D eigenvalue weighted by Gasteiger charge is -2.18. The zero-order valence-electron chi connectivity index (χ0n) is 13.4. The number of nitrogens with zero attached hydrogens (tertiary/aromatic N) is 4. The van der Waals surface area contributed by atoms with Crippen molar-refractivity contribution in [3.05, 3.63) is 72.2 Å². The molecular weight excluding hydrogens is 305 g/mol. The molecule has 1 aromatic heterocycles. The summed E-state index contributed by atoms with van der Waals surface area (Å²) in [6.45, 7) is 0.645. The van der Waals surface area contributed by atoms with Gasteiger partial charge in [0.2, 0.25) is 5.95 Å². The molecule has 1 N–H and O–H groups in total. The molecule has 0 aliphatic heterocycles. The predicted molar refractivity (Wildman–Crippen MR) is 92.9 cm³/mol. The molecule has 5 nitrogen and oxygen atoms in total. The summed E-state index contributed by atoms with van der Waals surface area (Å²) in [6, 6.07) is 16.4. The molecule has 0 bridgehead atoms. The Kier molecular flexibility index (Phi) is 4.96. The fourth-order valence-electron chi connectivity index (χ4n) is 2.28. The van der Waals surface area contributed by atoms with Crippen molar-refractivity contribution in [2.24, 2.45) is 0 Å². The summed E-state index contributed by atoms with van der Waals surface area (Å²) in [5.74, 6) is 0.953. The Labute approximate surface area is 140 Å². The highest BCUT2D eigenvalue weighted by atomic mass is 19.1. The van der Waals surface area contributed by atoms with Crippen LogP contribution in [0.3, 0.4) is 0 Å². The molecular formula is C18H18FN5. The molecule has 2 aromatic carbocycles. The van der Waals surface area contributed by atoms with Crippen LogP contribution in [0.15, 0.2) is 60.8 Å². The second-order valence-corrected chi connectivity index (χ2v) is 5.34. The van der Waals surface area contributed by atoms with E-state index in [0.717, 1.165) is 17.7 Å². The van der Waals surface area contributed by atoms with Crippen molar-refractivity contribution in [1.29, 1.82) is 0 Å². The molecule has 0 aliphatic rings. The second-order valence-electron chi connectivity index (χ2n) is 5.34. The van der Waals surface area contributed by atoms with Gasteiger partial charge < -0.3 is 10.2 Å². The molecule has 0 unspecified atom stereocenters. The molecule has 24 heavy (non-hydrogen) atoms. The smallest absolute Gasteiger partial charge is 0.244 e. The number of benzene rings is 2. The van der Waals surface area contributed by atoms with Crippen LogP contribution in [0.1, 0.15) is 5.56 Å². The maximum absolute atomic E-state index is 12.9. The minimum Gasteiger partial charge on any atom is -0.353 e. The summed E-state index contributed by atoms with van der Waals surface area (Å²) >= 11 is 0. The lowest BCUT2D eigenvalue weighted by atomic mass is 10.1. The highest BCUT2D eigenvalue weighted by molar-refractivity contribution is 5.58. The second kappa shape index (κ2) is 7.50. The third kappa shape index (κ3) is 4.04. The van der Waals surface area contributed by atoms with E-state index in [9.17, 15) is 4.39 Å². The SMILES string of the molecule is CN(c1ccccc1)c1cnnc(NCCc2ccc(F)cc2)n1. The Morgan fingerprint density at radius 3 is 2.54 bits per heavy atom. The van der Waals surface area contributed by atoms with Crippen LogP contribution in [0.5, 0.6) is 0 Å². The number of rotatable bonds is 6. The summed E-state index contributed by atoms with van der Waals surface area (Å²) < 4.78 is 12.9. The van der Waals surface area contributed by atoms with Gasteiger partial charge in [-0.05, 0) is 36.2 Å². The maximum atomic E-state index is 12.9. The van der Waals surface area contributed by atoms with E-state index < -0.39 is 0 Å². The van der Waals surface area contributed by atoms with Crippen LogP contribution < -0.4 is 10.2 Å². The predicted octanol–water partition coefficient (Wildman–Crippen LogP) is 3.43. The number of nitrogens with one attached hydrogen (secondary N) is 1. The van der Waals surface area contributed by atoms with E-state index in [0.29, 0.717) is 18.3 Å². The molecule has 0 amide bonds. The van der Waals surface area contributed by atoms with Crippen molar-refractivity contribution in [1.82, 2.24) is 15.2 Å². The van der Waals surface area contributed by atoms with Crippen molar-refractivity contribution in [3.63, 3.8) is 0 Å². The fraction of sp³-hybridized carbons (Fsp3) is 0.167. The summed E-state index contributed by atoms with van der Waals surface area (Å²) in [6.07, 6.45) is 2.38. The van der Waals surface area contributed by atoms with Crippen LogP contribution in [0, 0.1) is 5.82 Å². The Balaban J connectivity index is 1.62. The third-order valence-corrected chi connectivity index (χ3v) is 3.64. The lowest BCUT2D eigenvalue weighted by molar-refractivity contribution is 0.627. The molecule has 0 spiro atoms. The molecule has 0 saturated heterocycles. The quantitative estimate of drug-likeness (QED) is 0.753. The molecule has 6 heteroatoms. The Morgan fingerprint density at radius 1 is 1.04 bits per heavy atom. The Bertz CT molecular complexity index is 777. The molecule has 0 aliphatic carbocycles. The average Bonchev–Trinajstić information content (AvgIpc) is 2.64. The molecule has 3 rings (SSSR count). The lowest BCUT2D eigenvalue weighted by Crippen LogP contribution is -2.14. The number of hydrogen-bond acceptors (Lipinski definition) is 5. The first-order valence-electron chi connectivity index (χ1n) is 7.69. The van der Waals surface area contributed by atoms with Gasteiger partial charge in [0.15, 0.2) is 5.82 Å². The van der Waals surface area contributed by atoms with Gasteiger partial charge in [0.1, 0.15) is 5.82 Å². The van der Waals surface area contributed by atoms with Gasteiger partial charge in [-0.15, -0.1) is 5.10 Å². The Morgan fingerprint density at radius 2 is 1.79 bits per heavy atom. The van der Waals surface area contributed by atoms with Gasteiger partial charge >= 0.3 is 0 Å². The summed E-state index contributed by atoms with van der Waals surface area (Å²) in [4.78, 5) is 6.42. The molecule has 3 aromatic rings. The summed E-state index contributed by atoms with van der Waals surface area (Å²) in [7, 11) is 1.93. The zero-order valence-corrected chi connectivity index (χ0v) is 13.4. The largest absolute Gasteiger partial charge is 0.353 e. The van der Waals surface area contributed by atoms with E-state index >= 15 is 0 Å². The van der Waals surface area contributed by atoms with Crippen LogP contribution in [0.4, 0.5) is 21.8 Å². The van der Waals surface area contributed by atoms with Gasteiger partial charge in [-0.2, -0.15) is 10.1 Å². The van der Waals surface area contributed by atoms with E-state index in [2.05, 4.69) is 20.5 Å². The van der Waals surface area contributed by atoms with E-state index in [1.54, 1.807) is 18.3 Å². The summed E-state index contributed by atoms with van der Waals surface area (Å²) in [5, 5.41) is 11.2. The van der Waals surface area contributed by atoms with Gasteiger partial charge in [-0.1, -0.05) is 30.3 Å². The first-order chi connectivity index (χ1) is 11.7. The van der Waals surface area contributed by atoms with Crippen LogP contribution >= 0.6 is 0 Å². The van der Waals surface area contributed by atoms with E-state index in [1.165, 1.54) is 12.1 Å². The van der Waals surface area contributed by atoms with Crippen molar-refractivity contribution >= 4 is 17.5 Å². The number of para-hydroxylation sites is 1. The molecule has 0 saturated carbocycles. The first kappa shape index (κ1) is 15.9. The number of anilines is 3. The molecule has 0 fully saturated rings. The number of hydrogen-bond donors (Lipinski definition) is 1.